The summed E-state index contributed by atoms with van der Waals surface area (Å²) < 4.78 is 6.16. The highest BCUT2D eigenvalue weighted by molar-refractivity contribution is 6.40. The molecule has 2 aromatic carbocycles. The summed E-state index contributed by atoms with van der Waals surface area (Å²) in [6, 6.07) is 12.5. The van der Waals surface area contributed by atoms with Crippen LogP contribution in [0.3, 0.4) is 0 Å². The average Bonchev–Trinajstić information content (AvgIpc) is 2.92. The highest BCUT2D eigenvalue weighted by Gasteiger charge is 2.26. The van der Waals surface area contributed by atoms with Crippen LogP contribution in [0.4, 0.5) is 11.5 Å². The summed E-state index contributed by atoms with van der Waals surface area (Å²) in [5.74, 6) is -0.421. The van der Waals surface area contributed by atoms with E-state index in [1.807, 2.05) is 6.07 Å². The van der Waals surface area contributed by atoms with Gasteiger partial charge in [0.25, 0.3) is 5.91 Å². The van der Waals surface area contributed by atoms with Crippen molar-refractivity contribution in [2.75, 3.05) is 17.2 Å². The van der Waals surface area contributed by atoms with Gasteiger partial charge in [-0.1, -0.05) is 82.9 Å². The molecule has 41 heavy (non-hydrogen) atoms. The Morgan fingerprint density at radius 2 is 1.61 bits per heavy atom. The Labute approximate surface area is 252 Å². The normalized spacial score (nSPS) is 11.7. The predicted molar refractivity (Wildman–Crippen MR) is 167 cm³/mol. The van der Waals surface area contributed by atoms with Crippen molar-refractivity contribution >= 4 is 46.5 Å². The molecule has 0 atom stereocenters. The molecule has 0 unspecified atom stereocenters. The Morgan fingerprint density at radius 1 is 0.951 bits per heavy atom. The second-order valence-electron chi connectivity index (χ2n) is 11.3. The van der Waals surface area contributed by atoms with Crippen molar-refractivity contribution in [3.05, 3.63) is 75.4 Å². The molecule has 1 heterocycles. The Balaban J connectivity index is 1.57. The molecule has 3 rings (SSSR count). The minimum Gasteiger partial charge on any atom is -0.504 e. The van der Waals surface area contributed by atoms with E-state index in [1.165, 1.54) is 35.5 Å². The van der Waals surface area contributed by atoms with Gasteiger partial charge in [0.2, 0.25) is 5.91 Å². The number of nitrogens with zero attached hydrogens (tertiary/aromatic N) is 1. The van der Waals surface area contributed by atoms with Crippen LogP contribution in [0.5, 0.6) is 11.5 Å². The average molecular weight is 601 g/mol. The number of rotatable bonds is 12. The van der Waals surface area contributed by atoms with Crippen molar-refractivity contribution in [1.82, 2.24) is 4.98 Å². The van der Waals surface area contributed by atoms with Crippen molar-refractivity contribution in [1.29, 1.82) is 0 Å². The maximum Gasteiger partial charge on any atom is 0.259 e. The number of amides is 2. The monoisotopic (exact) mass is 599 g/mol. The number of carbonyl (C=O) groups is 2. The zero-order chi connectivity index (χ0) is 30.4. The maximum atomic E-state index is 12.6. The minimum absolute atomic E-state index is 0.0488. The van der Waals surface area contributed by atoms with E-state index in [0.717, 1.165) is 18.6 Å². The Morgan fingerprint density at radius 3 is 2.22 bits per heavy atom. The number of hydrogen-bond donors (Lipinski definition) is 3. The summed E-state index contributed by atoms with van der Waals surface area (Å²) in [5.41, 5.74) is 2.86. The van der Waals surface area contributed by atoms with Crippen molar-refractivity contribution in [2.45, 2.75) is 78.1 Å². The highest BCUT2D eigenvalue weighted by Crippen LogP contribution is 2.38. The zero-order valence-corrected chi connectivity index (χ0v) is 26.0. The van der Waals surface area contributed by atoms with Crippen molar-refractivity contribution in [2.24, 2.45) is 0 Å². The van der Waals surface area contributed by atoms with Gasteiger partial charge < -0.3 is 20.5 Å². The van der Waals surface area contributed by atoms with Gasteiger partial charge in [0.05, 0.1) is 34.1 Å². The van der Waals surface area contributed by atoms with Gasteiger partial charge in [0.15, 0.2) is 11.6 Å². The molecule has 0 saturated heterocycles. The third kappa shape index (κ3) is 8.14. The third-order valence-corrected chi connectivity index (χ3v) is 8.27. The molecule has 0 fully saturated rings. The molecule has 0 bridgehead atoms. The number of benzene rings is 2. The molecule has 1 aromatic heterocycles. The van der Waals surface area contributed by atoms with Gasteiger partial charge in [-0.3, -0.25) is 9.59 Å². The van der Waals surface area contributed by atoms with Crippen molar-refractivity contribution in [3.63, 3.8) is 0 Å². The number of anilines is 2. The summed E-state index contributed by atoms with van der Waals surface area (Å²) in [6.07, 6.45) is 4.08. The predicted octanol–water partition coefficient (Wildman–Crippen LogP) is 8.52. The second kappa shape index (κ2) is 13.6. The van der Waals surface area contributed by atoms with Gasteiger partial charge in [-0.05, 0) is 53.9 Å². The van der Waals surface area contributed by atoms with Crippen LogP contribution in [-0.4, -0.2) is 28.5 Å². The molecule has 0 spiro atoms. The van der Waals surface area contributed by atoms with Crippen LogP contribution < -0.4 is 15.4 Å². The van der Waals surface area contributed by atoms with Crippen LogP contribution in [0.1, 0.15) is 88.7 Å². The third-order valence-electron chi connectivity index (χ3n) is 7.64. The molecule has 0 radical (unpaired) electrons. The molecule has 0 saturated carbocycles. The van der Waals surface area contributed by atoms with Gasteiger partial charge in [-0.15, -0.1) is 0 Å². The summed E-state index contributed by atoms with van der Waals surface area (Å²) in [5, 5.41) is 15.9. The van der Waals surface area contributed by atoms with Gasteiger partial charge in [0, 0.05) is 18.1 Å². The van der Waals surface area contributed by atoms with E-state index in [4.69, 9.17) is 27.9 Å². The summed E-state index contributed by atoms with van der Waals surface area (Å²) in [4.78, 5) is 29.2. The highest BCUT2D eigenvalue weighted by atomic mass is 35.5. The van der Waals surface area contributed by atoms with E-state index in [9.17, 15) is 14.7 Å². The molecule has 0 aliphatic carbocycles. The van der Waals surface area contributed by atoms with E-state index in [1.54, 1.807) is 6.07 Å². The lowest BCUT2D eigenvalue weighted by Gasteiger charge is -2.30. The Hall–Kier alpha value is -3.29. The maximum absolute atomic E-state index is 12.6. The van der Waals surface area contributed by atoms with Crippen molar-refractivity contribution in [3.8, 4) is 11.5 Å². The summed E-state index contributed by atoms with van der Waals surface area (Å²) >= 11 is 12.2. The van der Waals surface area contributed by atoms with Gasteiger partial charge >= 0.3 is 0 Å². The van der Waals surface area contributed by atoms with Crippen LogP contribution in [0, 0.1) is 0 Å². The molecule has 9 heteroatoms. The largest absolute Gasteiger partial charge is 0.504 e. The molecule has 3 aromatic rings. The molecule has 3 N–H and O–H groups in total. The first-order valence-electron chi connectivity index (χ1n) is 13.8. The molecule has 0 aliphatic heterocycles. The van der Waals surface area contributed by atoms with Gasteiger partial charge in [-0.25, -0.2) is 4.98 Å². The first kappa shape index (κ1) is 32.2. The van der Waals surface area contributed by atoms with Crippen LogP contribution in [-0.2, 0) is 15.6 Å². The van der Waals surface area contributed by atoms with E-state index in [0.29, 0.717) is 18.7 Å². The smallest absolute Gasteiger partial charge is 0.259 e. The number of ether oxygens (including phenoxy) is 1. The number of carbonyl (C=O) groups excluding carboxylic acids is 2. The van der Waals surface area contributed by atoms with E-state index in [2.05, 4.69) is 69.3 Å². The fourth-order valence-electron chi connectivity index (χ4n) is 4.14. The lowest BCUT2D eigenvalue weighted by Crippen LogP contribution is -2.21. The number of pyridine rings is 1. The van der Waals surface area contributed by atoms with E-state index in [-0.39, 0.29) is 50.3 Å². The van der Waals surface area contributed by atoms with Gasteiger partial charge in [0.1, 0.15) is 5.75 Å². The topological polar surface area (TPSA) is 101 Å². The first-order chi connectivity index (χ1) is 19.3. The van der Waals surface area contributed by atoms with E-state index < -0.39 is 5.91 Å². The number of aromatic hydroxyl groups is 1. The molecule has 220 valence electrons. The number of halogens is 2. The van der Waals surface area contributed by atoms with E-state index >= 15 is 0 Å². The SMILES string of the molecule is CCC(C)(C)c1ccc(OCCCC(=O)Nc2cnc(NC(=O)c3c(Cl)cccc3Cl)c(O)c2)c(C(C)(C)CC)c1. The minimum atomic E-state index is -0.616. The lowest BCUT2D eigenvalue weighted by atomic mass is 9.76. The summed E-state index contributed by atoms with van der Waals surface area (Å²) in [7, 11) is 0. The fourth-order valence-corrected chi connectivity index (χ4v) is 4.71. The fraction of sp³-hybridized carbons (Fsp3) is 0.406. The van der Waals surface area contributed by atoms with Crippen LogP contribution in [0.15, 0.2) is 48.7 Å². The molecule has 0 aliphatic rings. The lowest BCUT2D eigenvalue weighted by molar-refractivity contribution is -0.116. The zero-order valence-electron chi connectivity index (χ0n) is 24.5. The first-order valence-corrected chi connectivity index (χ1v) is 14.6. The summed E-state index contributed by atoms with van der Waals surface area (Å²) in [6.45, 7) is 13.7. The van der Waals surface area contributed by atoms with Crippen molar-refractivity contribution < 1.29 is 19.4 Å². The van der Waals surface area contributed by atoms with Crippen LogP contribution in [0.2, 0.25) is 10.0 Å². The Kier molecular flexibility index (Phi) is 10.7. The molecular formula is C32H39Cl2N3O4. The molecular weight excluding hydrogens is 561 g/mol. The van der Waals surface area contributed by atoms with Gasteiger partial charge in [-0.2, -0.15) is 0 Å². The second-order valence-corrected chi connectivity index (χ2v) is 12.1. The molecule has 2 amide bonds. The Bertz CT molecular complexity index is 1390. The van der Waals surface area contributed by atoms with Crippen LogP contribution >= 0.6 is 23.2 Å². The number of nitrogens with one attached hydrogen (secondary N) is 2. The van der Waals surface area contributed by atoms with Crippen LogP contribution in [0.25, 0.3) is 0 Å². The standard InChI is InChI=1S/C32H39Cl2N3O4/c1-7-31(3,4)20-14-15-26(22(17-20)32(5,6)8-2)41-16-10-13-27(39)36-21-18-25(38)29(35-19-21)37-30(40)28-23(33)11-9-12-24(28)34/h9,11-12,14-15,17-19,38H,7-8,10,13,16H2,1-6H3,(H,36,39)(H,35,37,40). The number of hydrogen-bond acceptors (Lipinski definition) is 5. The molecule has 7 nitrogen and oxygen atoms in total. The number of aromatic nitrogens is 1. The quantitative estimate of drug-likeness (QED) is 0.181.